The fraction of sp³-hybridized carbons (Fsp3) is 0.682. The van der Waals surface area contributed by atoms with Crippen LogP contribution in [0.5, 0.6) is 5.75 Å². The highest BCUT2D eigenvalue weighted by molar-refractivity contribution is 7.90. The van der Waals surface area contributed by atoms with Crippen molar-refractivity contribution in [1.29, 1.82) is 0 Å². The van der Waals surface area contributed by atoms with E-state index in [2.05, 4.69) is 14.2 Å². The number of aliphatic hydroxyl groups excluding tert-OH is 1. The van der Waals surface area contributed by atoms with Gasteiger partial charge in [-0.2, -0.15) is 0 Å². The van der Waals surface area contributed by atoms with Gasteiger partial charge in [-0.1, -0.05) is 0 Å². The van der Waals surface area contributed by atoms with Crippen molar-refractivity contribution >= 4 is 15.8 Å². The summed E-state index contributed by atoms with van der Waals surface area (Å²) in [5.74, 6) is 0.315. The molecule has 0 saturated heterocycles. The number of methoxy groups -OCH3 is 6. The van der Waals surface area contributed by atoms with Gasteiger partial charge in [-0.05, 0) is 45.0 Å². The van der Waals surface area contributed by atoms with Gasteiger partial charge in [0.15, 0.2) is 15.9 Å². The molecule has 0 aliphatic carbocycles. The van der Waals surface area contributed by atoms with E-state index in [1.165, 1.54) is 39.7 Å². The van der Waals surface area contributed by atoms with Crippen LogP contribution in [-0.4, -0.2) is 99.9 Å². The van der Waals surface area contributed by atoms with Crippen LogP contribution in [0, 0.1) is 0 Å². The van der Waals surface area contributed by atoms with Crippen LogP contribution >= 0.6 is 0 Å². The van der Waals surface area contributed by atoms with Crippen LogP contribution in [0.2, 0.25) is 0 Å². The summed E-state index contributed by atoms with van der Waals surface area (Å²) in [5.41, 5.74) is 0. The van der Waals surface area contributed by atoms with Crippen LogP contribution < -0.4 is 4.74 Å². The second-order valence-corrected chi connectivity index (χ2v) is 8.60. The smallest absolute Gasteiger partial charge is 0.334 e. The Morgan fingerprint density at radius 1 is 0.879 bits per heavy atom. The predicted octanol–water partition coefficient (Wildman–Crippen LogP) is 1.97. The van der Waals surface area contributed by atoms with Gasteiger partial charge in [-0.15, -0.1) is 0 Å². The molecule has 0 amide bonds. The van der Waals surface area contributed by atoms with Crippen LogP contribution in [0.3, 0.4) is 0 Å². The highest BCUT2D eigenvalue weighted by Gasteiger charge is 2.09. The minimum atomic E-state index is -3.08. The zero-order chi connectivity index (χ0) is 26.4. The summed E-state index contributed by atoms with van der Waals surface area (Å²) in [7, 11) is 6.15. The summed E-state index contributed by atoms with van der Waals surface area (Å²) in [5, 5.41) is 8.21. The van der Waals surface area contributed by atoms with Gasteiger partial charge in [0, 0.05) is 34.7 Å². The maximum Gasteiger partial charge on any atom is 0.334 e. The van der Waals surface area contributed by atoms with Crippen molar-refractivity contribution in [2.24, 2.45) is 0 Å². The van der Waals surface area contributed by atoms with Gasteiger partial charge < -0.3 is 33.5 Å². The second kappa shape index (κ2) is 22.1. The van der Waals surface area contributed by atoms with Crippen molar-refractivity contribution in [3.05, 3.63) is 24.3 Å². The topological polar surface area (TPSA) is 127 Å². The fourth-order valence-electron chi connectivity index (χ4n) is 1.46. The number of hydrogen-bond donors (Lipinski definition) is 1. The van der Waals surface area contributed by atoms with E-state index in [1.807, 2.05) is 6.92 Å². The number of sulfone groups is 1. The lowest BCUT2D eigenvalue weighted by atomic mass is 10.3. The third kappa shape index (κ3) is 21.8. The minimum Gasteiger partial charge on any atom is -0.497 e. The van der Waals surface area contributed by atoms with Crippen molar-refractivity contribution in [1.82, 2.24) is 0 Å². The molecule has 0 unspecified atom stereocenters. The lowest BCUT2D eigenvalue weighted by molar-refractivity contribution is -0.151. The Kier molecular flexibility index (Phi) is 23.9. The standard InChI is InChI=1S/C8H10O3S.C5H10O3.C5H12O2.C4H10O2/c1-11-7-3-5-8(6-4-7)12(2,9)10;1-4(7-2)5(6)8-3;1-5(7-3)4-6-2;1-4(3-5)6-2/h3-6H,1-2H3;4H,1-3H3;5H,4H2,1-3H3;4-5H,3H2,1-2H3/t;4-;5-;4-/m.111/s1. The summed E-state index contributed by atoms with van der Waals surface area (Å²) in [4.78, 5) is 10.7. The van der Waals surface area contributed by atoms with Crippen LogP contribution in [0.15, 0.2) is 29.2 Å². The molecule has 3 atom stereocenters. The molecule has 1 rings (SSSR count). The van der Waals surface area contributed by atoms with Crippen LogP contribution in [0.1, 0.15) is 20.8 Å². The molecular formula is C22H42O10S. The van der Waals surface area contributed by atoms with Gasteiger partial charge in [-0.25, -0.2) is 13.2 Å². The summed E-state index contributed by atoms with van der Waals surface area (Å²) in [6.07, 6.45) is 0.949. The third-order valence-corrected chi connectivity index (χ3v) is 4.97. The number of aliphatic hydroxyl groups is 1. The van der Waals surface area contributed by atoms with Gasteiger partial charge in [0.05, 0.1) is 44.5 Å². The number of rotatable bonds is 9. The largest absolute Gasteiger partial charge is 0.497 e. The average Bonchev–Trinajstić information content (AvgIpc) is 2.83. The van der Waals surface area contributed by atoms with Gasteiger partial charge in [0.25, 0.3) is 0 Å². The Balaban J connectivity index is -0.000000380. The molecule has 0 aliphatic rings. The zero-order valence-electron chi connectivity index (χ0n) is 21.5. The van der Waals surface area contributed by atoms with Crippen LogP contribution in [0.25, 0.3) is 0 Å². The Morgan fingerprint density at radius 3 is 1.55 bits per heavy atom. The number of carbonyl (C=O) groups excluding carboxylic acids is 1. The molecule has 10 nitrogen and oxygen atoms in total. The summed E-state index contributed by atoms with van der Waals surface area (Å²) in [6, 6.07) is 6.29. The molecule has 1 aromatic carbocycles. The van der Waals surface area contributed by atoms with Gasteiger partial charge in [-0.3, -0.25) is 0 Å². The highest BCUT2D eigenvalue weighted by Crippen LogP contribution is 2.14. The molecule has 0 saturated carbocycles. The molecule has 0 radical (unpaired) electrons. The van der Waals surface area contributed by atoms with E-state index in [4.69, 9.17) is 19.3 Å². The van der Waals surface area contributed by atoms with Crippen molar-refractivity contribution in [3.8, 4) is 5.75 Å². The number of hydrogen-bond acceptors (Lipinski definition) is 10. The first-order chi connectivity index (χ1) is 15.4. The first-order valence-electron chi connectivity index (χ1n) is 9.98. The van der Waals surface area contributed by atoms with E-state index in [0.717, 1.165) is 0 Å². The molecule has 0 aliphatic heterocycles. The predicted molar refractivity (Wildman–Crippen MR) is 126 cm³/mol. The quantitative estimate of drug-likeness (QED) is 0.505. The van der Waals surface area contributed by atoms with E-state index in [1.54, 1.807) is 47.3 Å². The van der Waals surface area contributed by atoms with E-state index in [0.29, 0.717) is 17.3 Å². The molecule has 0 bridgehead atoms. The molecular weight excluding hydrogens is 456 g/mol. The maximum atomic E-state index is 11.0. The summed E-state index contributed by atoms with van der Waals surface area (Å²) < 4.78 is 50.1. The normalized spacial score (nSPS) is 12.8. The molecule has 0 aromatic heterocycles. The number of ether oxygens (including phenoxy) is 6. The lowest BCUT2D eigenvalue weighted by Gasteiger charge is -2.05. The fourth-order valence-corrected chi connectivity index (χ4v) is 2.09. The average molecular weight is 499 g/mol. The van der Waals surface area contributed by atoms with E-state index >= 15 is 0 Å². The third-order valence-electron chi connectivity index (χ3n) is 3.84. The van der Waals surface area contributed by atoms with E-state index in [-0.39, 0.29) is 24.8 Å². The van der Waals surface area contributed by atoms with E-state index < -0.39 is 15.9 Å². The first-order valence-corrected chi connectivity index (χ1v) is 11.9. The SMILES string of the molecule is COC(=O)[C@@H](C)OC.COC[C@@H](C)OC.CO[C@H](C)CO.COc1ccc(S(C)(=O)=O)cc1. The Morgan fingerprint density at radius 2 is 1.36 bits per heavy atom. The van der Waals surface area contributed by atoms with Crippen molar-refractivity contribution in [3.63, 3.8) is 0 Å². The number of carbonyl (C=O) groups is 1. The number of esters is 1. The zero-order valence-corrected chi connectivity index (χ0v) is 22.3. The monoisotopic (exact) mass is 498 g/mol. The Labute approximate surface area is 199 Å². The summed E-state index contributed by atoms with van der Waals surface area (Å²) in [6.45, 7) is 6.18. The molecule has 11 heteroatoms. The highest BCUT2D eigenvalue weighted by atomic mass is 32.2. The molecule has 0 spiro atoms. The molecule has 1 N–H and O–H groups in total. The van der Waals surface area contributed by atoms with Crippen LogP contribution in [0.4, 0.5) is 0 Å². The second-order valence-electron chi connectivity index (χ2n) is 6.58. The van der Waals surface area contributed by atoms with Gasteiger partial charge in [0.2, 0.25) is 0 Å². The van der Waals surface area contributed by atoms with Gasteiger partial charge >= 0.3 is 5.97 Å². The molecule has 0 fully saturated rings. The Hall–Kier alpha value is -1.76. The maximum absolute atomic E-state index is 11.0. The van der Waals surface area contributed by atoms with Crippen LogP contribution in [-0.2, 0) is 38.3 Å². The van der Waals surface area contributed by atoms with E-state index in [9.17, 15) is 13.2 Å². The first kappa shape index (κ1) is 35.8. The number of benzene rings is 1. The van der Waals surface area contributed by atoms with Gasteiger partial charge in [0.1, 0.15) is 5.75 Å². The molecule has 1 aromatic rings. The van der Waals surface area contributed by atoms with Crippen molar-refractivity contribution in [2.45, 2.75) is 44.0 Å². The summed E-state index contributed by atoms with van der Waals surface area (Å²) >= 11 is 0. The molecule has 196 valence electrons. The lowest BCUT2D eigenvalue weighted by Crippen LogP contribution is -2.19. The van der Waals surface area contributed by atoms with Crippen molar-refractivity contribution in [2.75, 3.05) is 62.1 Å². The molecule has 0 heterocycles. The minimum absolute atomic E-state index is 0.00926. The molecule has 33 heavy (non-hydrogen) atoms. The van der Waals surface area contributed by atoms with Crippen molar-refractivity contribution < 1.29 is 46.7 Å². The Bertz CT molecular complexity index is 673.